The second-order valence-corrected chi connectivity index (χ2v) is 17.8. The van der Waals surface area contributed by atoms with Gasteiger partial charge in [-0.05, 0) is 129 Å². The Kier molecular flexibility index (Phi) is 16.7. The fourth-order valence-corrected chi connectivity index (χ4v) is 9.34. The van der Waals surface area contributed by atoms with Crippen molar-refractivity contribution < 1.29 is 43.4 Å². The van der Waals surface area contributed by atoms with Crippen LogP contribution in [0, 0.1) is 0 Å². The molecule has 11 heteroatoms. The van der Waals surface area contributed by atoms with Crippen LogP contribution in [0.4, 0.5) is 0 Å². The number of hydrogen-bond donors (Lipinski definition) is 2. The first-order valence-corrected chi connectivity index (χ1v) is 23.9. The minimum Gasteiger partial charge on any atom is -0.497 e. The molecule has 0 fully saturated rings. The van der Waals surface area contributed by atoms with E-state index in [1.54, 1.807) is 64.8 Å². The normalized spacial score (nSPS) is 12.5. The van der Waals surface area contributed by atoms with Crippen LogP contribution >= 0.6 is 23.2 Å². The van der Waals surface area contributed by atoms with E-state index in [0.29, 0.717) is 55.7 Å². The molecule has 71 heavy (non-hydrogen) atoms. The Bertz CT molecular complexity index is 2640. The number of benzene rings is 8. The van der Waals surface area contributed by atoms with Gasteiger partial charge in [0.2, 0.25) is 0 Å². The minimum atomic E-state index is -1.14. The van der Waals surface area contributed by atoms with Crippen molar-refractivity contribution in [1.82, 2.24) is 0 Å². The smallest absolute Gasteiger partial charge is 0.143 e. The third-order valence-electron chi connectivity index (χ3n) is 12.5. The minimum absolute atomic E-state index is 0.0746. The van der Waals surface area contributed by atoms with Gasteiger partial charge in [0.15, 0.2) is 0 Å². The highest BCUT2D eigenvalue weighted by molar-refractivity contribution is 6.31. The van der Waals surface area contributed by atoms with Crippen molar-refractivity contribution >= 4 is 23.2 Å². The second-order valence-electron chi connectivity index (χ2n) is 17.0. The standard InChI is InChI=1S/C60H56Cl2O9/c1-65-53-25-15-45(16-26-53)59(43-11-7-5-8-12-43,46-17-27-54(66-2)28-18-46)69-39-51(63)37-41-35-49(61)23-33-57(41)71-58-34-24-50(62)36-42(58)38-52(64)40-70-60(44-13-9-6-10-14-44,47-19-29-55(67-3)30-20-47)48-21-31-56(68-4)32-22-48/h5-36,51-52,63-64H,37-40H2,1-4H3. The lowest BCUT2D eigenvalue weighted by molar-refractivity contribution is -0.0378. The topological polar surface area (TPSA) is 105 Å². The summed E-state index contributed by atoms with van der Waals surface area (Å²) in [6.07, 6.45) is -1.77. The number of hydrogen-bond acceptors (Lipinski definition) is 9. The Morgan fingerprint density at radius 3 is 0.944 bits per heavy atom. The Morgan fingerprint density at radius 2 is 0.662 bits per heavy atom. The van der Waals surface area contributed by atoms with Crippen molar-refractivity contribution in [3.63, 3.8) is 0 Å². The highest BCUT2D eigenvalue weighted by Crippen LogP contribution is 2.44. The third-order valence-corrected chi connectivity index (χ3v) is 13.0. The summed E-state index contributed by atoms with van der Waals surface area (Å²) in [6.45, 7) is -0.149. The molecule has 0 aliphatic heterocycles. The molecule has 0 spiro atoms. The van der Waals surface area contributed by atoms with Gasteiger partial charge in [-0.15, -0.1) is 0 Å². The van der Waals surface area contributed by atoms with E-state index in [9.17, 15) is 10.2 Å². The van der Waals surface area contributed by atoms with Crippen LogP contribution < -0.4 is 23.7 Å². The fourth-order valence-electron chi connectivity index (χ4n) is 8.95. The van der Waals surface area contributed by atoms with Crippen molar-refractivity contribution in [2.45, 2.75) is 36.3 Å². The number of ether oxygens (including phenoxy) is 7. The highest BCUT2D eigenvalue weighted by atomic mass is 35.5. The monoisotopic (exact) mass is 990 g/mol. The molecule has 0 saturated heterocycles. The predicted octanol–water partition coefficient (Wildman–Crippen LogP) is 12.6. The number of methoxy groups -OCH3 is 4. The van der Waals surface area contributed by atoms with E-state index in [1.165, 1.54) is 0 Å². The molecule has 0 aliphatic carbocycles. The largest absolute Gasteiger partial charge is 0.497 e. The predicted molar refractivity (Wildman–Crippen MR) is 279 cm³/mol. The Morgan fingerprint density at radius 1 is 0.380 bits per heavy atom. The van der Waals surface area contributed by atoms with Gasteiger partial charge in [-0.25, -0.2) is 0 Å². The summed E-state index contributed by atoms with van der Waals surface area (Å²) in [6, 6.07) is 61.3. The molecule has 8 aromatic carbocycles. The van der Waals surface area contributed by atoms with Crippen LogP contribution in [0.15, 0.2) is 194 Å². The highest BCUT2D eigenvalue weighted by Gasteiger charge is 2.40. The first-order chi connectivity index (χ1) is 34.6. The molecule has 364 valence electrons. The zero-order valence-corrected chi connectivity index (χ0v) is 41.5. The van der Waals surface area contributed by atoms with Crippen LogP contribution in [0.2, 0.25) is 10.0 Å². The zero-order valence-electron chi connectivity index (χ0n) is 40.0. The molecule has 0 aromatic heterocycles. The third kappa shape index (κ3) is 11.5. The Balaban J connectivity index is 1.05. The average molecular weight is 992 g/mol. The molecule has 0 aliphatic rings. The summed E-state index contributed by atoms with van der Waals surface area (Å²) in [7, 11) is 6.51. The van der Waals surface area contributed by atoms with Gasteiger partial charge in [0.1, 0.15) is 45.7 Å². The summed E-state index contributed by atoms with van der Waals surface area (Å²) >= 11 is 13.3. The van der Waals surface area contributed by atoms with Crippen molar-refractivity contribution in [1.29, 1.82) is 0 Å². The van der Waals surface area contributed by atoms with Gasteiger partial charge < -0.3 is 43.4 Å². The molecule has 8 rings (SSSR count). The SMILES string of the molecule is COc1ccc(C(OCC(O)Cc2cc(Cl)ccc2Oc2ccc(Cl)cc2CC(O)COC(c2ccccc2)(c2ccc(OC)cc2)c2ccc(OC)cc2)(c2ccccc2)c2ccc(OC)cc2)cc1. The average Bonchev–Trinajstić information content (AvgIpc) is 3.41. The summed E-state index contributed by atoms with van der Waals surface area (Å²) in [5, 5.41) is 24.8. The number of rotatable bonds is 22. The second kappa shape index (κ2) is 23.4. The van der Waals surface area contributed by atoms with Crippen molar-refractivity contribution in [3.8, 4) is 34.5 Å². The first kappa shape index (κ1) is 50.6. The lowest BCUT2D eigenvalue weighted by atomic mass is 9.80. The van der Waals surface area contributed by atoms with Crippen molar-refractivity contribution in [2.75, 3.05) is 41.7 Å². The van der Waals surface area contributed by atoms with E-state index in [2.05, 4.69) is 0 Å². The van der Waals surface area contributed by atoms with Crippen molar-refractivity contribution in [3.05, 3.63) is 249 Å². The maximum absolute atomic E-state index is 11.9. The zero-order chi connectivity index (χ0) is 49.8. The van der Waals surface area contributed by atoms with E-state index in [0.717, 1.165) is 33.4 Å². The Labute approximate surface area is 425 Å². The number of aliphatic hydroxyl groups is 2. The molecule has 0 saturated carbocycles. The van der Waals surface area contributed by atoms with Gasteiger partial charge in [-0.3, -0.25) is 0 Å². The molecule has 2 atom stereocenters. The Hall–Kier alpha value is -6.82. The van der Waals surface area contributed by atoms with Gasteiger partial charge in [-0.1, -0.05) is 132 Å². The lowest BCUT2D eigenvalue weighted by Gasteiger charge is -2.37. The van der Waals surface area contributed by atoms with Gasteiger partial charge >= 0.3 is 0 Å². The van der Waals surface area contributed by atoms with Gasteiger partial charge in [-0.2, -0.15) is 0 Å². The number of halogens is 2. The fraction of sp³-hybridized carbons (Fsp3) is 0.200. The van der Waals surface area contributed by atoms with E-state index in [-0.39, 0.29) is 26.1 Å². The maximum atomic E-state index is 11.9. The summed E-state index contributed by atoms with van der Waals surface area (Å²) in [5.74, 6) is 3.72. The lowest BCUT2D eigenvalue weighted by Crippen LogP contribution is -2.36. The molecule has 8 aromatic rings. The molecule has 0 radical (unpaired) electrons. The summed E-state index contributed by atoms with van der Waals surface area (Å²) in [4.78, 5) is 0. The van der Waals surface area contributed by atoms with Crippen LogP contribution in [-0.4, -0.2) is 64.1 Å². The van der Waals surface area contributed by atoms with Crippen molar-refractivity contribution in [2.24, 2.45) is 0 Å². The van der Waals surface area contributed by atoms with Gasteiger partial charge in [0.05, 0.1) is 53.9 Å². The number of aliphatic hydroxyl groups excluding tert-OH is 2. The summed E-state index contributed by atoms with van der Waals surface area (Å²) < 4.78 is 42.8. The van der Waals surface area contributed by atoms with Crippen LogP contribution in [0.5, 0.6) is 34.5 Å². The van der Waals surface area contributed by atoms with Crippen LogP contribution in [-0.2, 0) is 33.5 Å². The van der Waals surface area contributed by atoms with Crippen LogP contribution in [0.25, 0.3) is 0 Å². The van der Waals surface area contributed by atoms with E-state index in [1.807, 2.05) is 158 Å². The van der Waals surface area contributed by atoms with Gasteiger partial charge in [0, 0.05) is 22.9 Å². The molecule has 9 nitrogen and oxygen atoms in total. The molecule has 0 amide bonds. The molecular weight excluding hydrogens is 936 g/mol. The van der Waals surface area contributed by atoms with E-state index in [4.69, 9.17) is 56.4 Å². The first-order valence-electron chi connectivity index (χ1n) is 23.2. The molecule has 0 heterocycles. The quantitative estimate of drug-likeness (QED) is 0.0642. The molecule has 0 bridgehead atoms. The van der Waals surface area contributed by atoms with Crippen LogP contribution in [0.1, 0.15) is 44.5 Å². The molecular formula is C60H56Cl2O9. The van der Waals surface area contributed by atoms with Crippen LogP contribution in [0.3, 0.4) is 0 Å². The van der Waals surface area contributed by atoms with Gasteiger partial charge in [0.25, 0.3) is 0 Å². The van der Waals surface area contributed by atoms with E-state index < -0.39 is 23.4 Å². The summed E-state index contributed by atoms with van der Waals surface area (Å²) in [5.41, 5.74) is 4.09. The molecule has 2 N–H and O–H groups in total. The van der Waals surface area contributed by atoms with E-state index >= 15 is 0 Å². The maximum Gasteiger partial charge on any atom is 0.143 e. The molecule has 2 unspecified atom stereocenters.